The van der Waals surface area contributed by atoms with Crippen molar-refractivity contribution in [2.75, 3.05) is 0 Å². The average molecular weight is 428 g/mol. The van der Waals surface area contributed by atoms with E-state index in [1.165, 1.54) is 34.5 Å². The molecule has 0 amide bonds. The Hall–Kier alpha value is -2.97. The molecule has 0 aliphatic carbocycles. The van der Waals surface area contributed by atoms with Crippen LogP contribution in [0.5, 0.6) is 0 Å². The number of fused-ring (bicyclic) bond motifs is 1. The van der Waals surface area contributed by atoms with E-state index in [1.54, 1.807) is 41.0 Å². The van der Waals surface area contributed by atoms with E-state index in [0.717, 1.165) is 0 Å². The summed E-state index contributed by atoms with van der Waals surface area (Å²) in [6.45, 7) is 4.18. The lowest BCUT2D eigenvalue weighted by atomic mass is 10.2. The second-order valence-electron chi connectivity index (χ2n) is 6.14. The first-order valence-corrected chi connectivity index (χ1v) is 10.0. The Labute approximate surface area is 174 Å². The molecule has 0 saturated heterocycles. The van der Waals surface area contributed by atoms with Crippen LogP contribution in [-0.4, -0.2) is 24.1 Å². The van der Waals surface area contributed by atoms with Gasteiger partial charge in [-0.25, -0.2) is 9.37 Å². The van der Waals surface area contributed by atoms with Crippen LogP contribution in [0.2, 0.25) is 5.02 Å². The van der Waals surface area contributed by atoms with Gasteiger partial charge in [0, 0.05) is 24.6 Å². The van der Waals surface area contributed by atoms with Crippen LogP contribution >= 0.6 is 23.4 Å². The van der Waals surface area contributed by atoms with Gasteiger partial charge in [0.25, 0.3) is 5.56 Å². The molecule has 0 fully saturated rings. The predicted octanol–water partition coefficient (Wildman–Crippen LogP) is 4.22. The predicted molar refractivity (Wildman–Crippen MR) is 112 cm³/mol. The average Bonchev–Trinajstić information content (AvgIpc) is 3.10. The Bertz CT molecular complexity index is 1270. The Morgan fingerprint density at radius 3 is 2.83 bits per heavy atom. The van der Waals surface area contributed by atoms with E-state index in [2.05, 4.69) is 21.8 Å². The zero-order valence-corrected chi connectivity index (χ0v) is 16.7. The Balaban J connectivity index is 1.64. The molecule has 0 saturated carbocycles. The standard InChI is InChI=1S/C20H15ClFN5OS/c1-2-9-26-19(15-5-3-4-6-16(15)22)24-25-20(26)29-12-14-10-18(28)27-11-13(21)7-8-17(27)23-14/h2-8,10-11H,1,9,12H2. The summed E-state index contributed by atoms with van der Waals surface area (Å²) in [5.74, 6) is 0.456. The van der Waals surface area contributed by atoms with Crippen molar-refractivity contribution in [2.45, 2.75) is 17.5 Å². The minimum absolute atomic E-state index is 0.215. The van der Waals surface area contributed by atoms with Gasteiger partial charge in [0.15, 0.2) is 11.0 Å². The minimum Gasteiger partial charge on any atom is -0.298 e. The zero-order valence-electron chi connectivity index (χ0n) is 15.1. The summed E-state index contributed by atoms with van der Waals surface area (Å²) in [4.78, 5) is 16.8. The number of benzene rings is 1. The molecule has 0 bridgehead atoms. The maximum absolute atomic E-state index is 14.2. The summed E-state index contributed by atoms with van der Waals surface area (Å²) in [5, 5.41) is 9.40. The molecule has 146 valence electrons. The van der Waals surface area contributed by atoms with Gasteiger partial charge in [-0.15, -0.1) is 16.8 Å². The number of halogens is 2. The number of hydrogen-bond acceptors (Lipinski definition) is 5. The highest BCUT2D eigenvalue weighted by molar-refractivity contribution is 7.98. The normalized spacial score (nSPS) is 11.1. The van der Waals surface area contributed by atoms with Gasteiger partial charge in [0.2, 0.25) is 0 Å². The van der Waals surface area contributed by atoms with E-state index in [-0.39, 0.29) is 11.4 Å². The summed E-state index contributed by atoms with van der Waals surface area (Å²) >= 11 is 7.30. The second kappa shape index (κ2) is 8.18. The summed E-state index contributed by atoms with van der Waals surface area (Å²) in [5.41, 5.74) is 1.26. The van der Waals surface area contributed by atoms with Gasteiger partial charge in [-0.3, -0.25) is 13.8 Å². The third-order valence-electron chi connectivity index (χ3n) is 4.17. The molecule has 0 radical (unpaired) electrons. The van der Waals surface area contributed by atoms with Gasteiger partial charge in [0.05, 0.1) is 16.3 Å². The van der Waals surface area contributed by atoms with E-state index in [0.29, 0.717) is 45.2 Å². The lowest BCUT2D eigenvalue weighted by molar-refractivity contribution is 0.626. The smallest absolute Gasteiger partial charge is 0.258 e. The molecule has 0 atom stereocenters. The molecular weight excluding hydrogens is 413 g/mol. The molecule has 29 heavy (non-hydrogen) atoms. The molecule has 1 aromatic carbocycles. The highest BCUT2D eigenvalue weighted by atomic mass is 35.5. The fourth-order valence-corrected chi connectivity index (χ4v) is 3.87. The van der Waals surface area contributed by atoms with Gasteiger partial charge in [-0.05, 0) is 24.3 Å². The third-order valence-corrected chi connectivity index (χ3v) is 5.39. The van der Waals surface area contributed by atoms with Crippen LogP contribution in [0, 0.1) is 5.82 Å². The van der Waals surface area contributed by atoms with Crippen LogP contribution in [0.15, 0.2) is 71.3 Å². The highest BCUT2D eigenvalue weighted by Gasteiger charge is 2.16. The molecule has 4 aromatic rings. The Kier molecular flexibility index (Phi) is 5.46. The van der Waals surface area contributed by atoms with Crippen LogP contribution in [0.25, 0.3) is 17.0 Å². The van der Waals surface area contributed by atoms with Gasteiger partial charge in [0.1, 0.15) is 11.5 Å². The maximum atomic E-state index is 14.2. The second-order valence-corrected chi connectivity index (χ2v) is 7.51. The molecular formula is C20H15ClFN5OS. The molecule has 6 nitrogen and oxygen atoms in total. The Morgan fingerprint density at radius 1 is 1.21 bits per heavy atom. The van der Waals surface area contributed by atoms with Gasteiger partial charge in [-0.1, -0.05) is 41.6 Å². The van der Waals surface area contributed by atoms with Crippen molar-refractivity contribution in [1.29, 1.82) is 0 Å². The molecule has 0 aliphatic rings. The van der Waals surface area contributed by atoms with Crippen LogP contribution in [0.3, 0.4) is 0 Å². The largest absolute Gasteiger partial charge is 0.298 e. The van der Waals surface area contributed by atoms with Crippen molar-refractivity contribution in [2.24, 2.45) is 0 Å². The molecule has 0 N–H and O–H groups in total. The summed E-state index contributed by atoms with van der Waals surface area (Å²) in [6.07, 6.45) is 3.23. The summed E-state index contributed by atoms with van der Waals surface area (Å²) < 4.78 is 17.4. The van der Waals surface area contributed by atoms with Crippen molar-refractivity contribution in [3.8, 4) is 11.4 Å². The van der Waals surface area contributed by atoms with E-state index in [1.807, 2.05) is 0 Å². The first kappa shape index (κ1) is 19.4. The van der Waals surface area contributed by atoms with Crippen molar-refractivity contribution in [3.63, 3.8) is 0 Å². The monoisotopic (exact) mass is 427 g/mol. The minimum atomic E-state index is -0.371. The van der Waals surface area contributed by atoms with Gasteiger partial charge in [-0.2, -0.15) is 0 Å². The van der Waals surface area contributed by atoms with E-state index in [4.69, 9.17) is 11.6 Å². The van der Waals surface area contributed by atoms with Crippen molar-refractivity contribution in [3.05, 3.63) is 88.2 Å². The molecule has 9 heteroatoms. The third kappa shape index (κ3) is 3.94. The van der Waals surface area contributed by atoms with E-state index in [9.17, 15) is 9.18 Å². The topological polar surface area (TPSA) is 65.1 Å². The molecule has 3 aromatic heterocycles. The number of hydrogen-bond donors (Lipinski definition) is 0. The quantitative estimate of drug-likeness (QED) is 0.340. The fraction of sp³-hybridized carbons (Fsp3) is 0.100. The zero-order chi connectivity index (χ0) is 20.4. The Morgan fingerprint density at radius 2 is 2.03 bits per heavy atom. The van der Waals surface area contributed by atoms with Gasteiger partial charge < -0.3 is 0 Å². The maximum Gasteiger partial charge on any atom is 0.258 e. The molecule has 3 heterocycles. The lowest BCUT2D eigenvalue weighted by Gasteiger charge is -2.08. The molecule has 0 aliphatic heterocycles. The molecule has 0 unspecified atom stereocenters. The van der Waals surface area contributed by atoms with Crippen LogP contribution in [-0.2, 0) is 12.3 Å². The lowest BCUT2D eigenvalue weighted by Crippen LogP contribution is -2.15. The summed E-state index contributed by atoms with van der Waals surface area (Å²) in [6, 6.07) is 11.2. The fourth-order valence-electron chi connectivity index (χ4n) is 2.87. The number of rotatable bonds is 6. The van der Waals surface area contributed by atoms with Crippen LogP contribution in [0.4, 0.5) is 4.39 Å². The van der Waals surface area contributed by atoms with Crippen molar-refractivity contribution >= 4 is 29.0 Å². The number of nitrogens with zero attached hydrogens (tertiary/aromatic N) is 5. The number of thioether (sulfide) groups is 1. The van der Waals surface area contributed by atoms with Crippen molar-refractivity contribution in [1.82, 2.24) is 24.1 Å². The number of allylic oxidation sites excluding steroid dienone is 1. The highest BCUT2D eigenvalue weighted by Crippen LogP contribution is 2.27. The first-order chi connectivity index (χ1) is 14.1. The van der Waals surface area contributed by atoms with E-state index >= 15 is 0 Å². The number of aromatic nitrogens is 5. The SMILES string of the molecule is C=CCn1c(SCc2cc(=O)n3cc(Cl)ccc3n2)nnc1-c1ccccc1F. The first-order valence-electron chi connectivity index (χ1n) is 8.66. The van der Waals surface area contributed by atoms with Gasteiger partial charge >= 0.3 is 0 Å². The van der Waals surface area contributed by atoms with Crippen molar-refractivity contribution < 1.29 is 4.39 Å². The van der Waals surface area contributed by atoms with Crippen LogP contribution < -0.4 is 5.56 Å². The van der Waals surface area contributed by atoms with E-state index < -0.39 is 0 Å². The number of pyridine rings is 1. The molecule has 4 rings (SSSR count). The van der Waals surface area contributed by atoms with Crippen LogP contribution in [0.1, 0.15) is 5.69 Å². The molecule has 0 spiro atoms. The summed E-state index contributed by atoms with van der Waals surface area (Å²) in [7, 11) is 0.